The van der Waals surface area contributed by atoms with Crippen molar-refractivity contribution in [2.24, 2.45) is 11.7 Å². The average molecular weight is 326 g/mol. The van der Waals surface area contributed by atoms with Crippen LogP contribution < -0.4 is 16.4 Å². The number of pyridine rings is 1. The molecule has 3 rings (SSSR count). The Morgan fingerprint density at radius 2 is 2.21 bits per heavy atom. The van der Waals surface area contributed by atoms with E-state index in [4.69, 9.17) is 5.73 Å². The number of carbonyl (C=O) groups excluding carboxylic acids is 2. The molecule has 0 aromatic carbocycles. The number of rotatable bonds is 5. The SMILES string of the molecule is C[C@H]1C[C@@H]1NC(=O)C1=CC(C)(C(N)=O)NC(Cc2ccccn2)=C1. The minimum absolute atomic E-state index is 0.170. The first-order valence-electron chi connectivity index (χ1n) is 8.10. The number of nitrogens with two attached hydrogens (primary N) is 1. The molecular weight excluding hydrogens is 304 g/mol. The molecule has 1 aromatic rings. The molecule has 2 aliphatic rings. The second-order valence-corrected chi connectivity index (χ2v) is 6.75. The first kappa shape index (κ1) is 16.2. The molecule has 0 saturated heterocycles. The molecule has 6 nitrogen and oxygen atoms in total. The standard InChI is InChI=1S/C18H22N4O2/c1-11-7-15(11)21-16(23)12-8-14(9-13-5-3-4-6-20-13)22-18(2,10-12)17(19)24/h3-6,8,10-11,15,22H,7,9H2,1-2H3,(H2,19,24)(H,21,23)/t11-,15-,18?/m0/s1. The Kier molecular flexibility index (Phi) is 4.13. The van der Waals surface area contributed by atoms with Crippen molar-refractivity contribution in [3.05, 3.63) is 53.5 Å². The van der Waals surface area contributed by atoms with Crippen molar-refractivity contribution in [1.82, 2.24) is 15.6 Å². The lowest BCUT2D eigenvalue weighted by Crippen LogP contribution is -2.53. The van der Waals surface area contributed by atoms with Crippen molar-refractivity contribution >= 4 is 11.8 Å². The lowest BCUT2D eigenvalue weighted by Gasteiger charge is -2.31. The largest absolute Gasteiger partial charge is 0.371 e. The molecule has 1 aromatic heterocycles. The summed E-state index contributed by atoms with van der Waals surface area (Å²) in [5.74, 6) is -0.188. The number of primary amides is 1. The molecule has 0 bridgehead atoms. The quantitative estimate of drug-likeness (QED) is 0.746. The van der Waals surface area contributed by atoms with Crippen LogP contribution in [0.25, 0.3) is 0 Å². The summed E-state index contributed by atoms with van der Waals surface area (Å²) in [5, 5.41) is 6.12. The first-order valence-corrected chi connectivity index (χ1v) is 8.10. The van der Waals surface area contributed by atoms with Crippen LogP contribution in [0.2, 0.25) is 0 Å². The van der Waals surface area contributed by atoms with Crippen molar-refractivity contribution in [2.45, 2.75) is 38.3 Å². The summed E-state index contributed by atoms with van der Waals surface area (Å²) in [6.07, 6.45) is 6.56. The molecule has 1 saturated carbocycles. The van der Waals surface area contributed by atoms with E-state index in [-0.39, 0.29) is 11.9 Å². The van der Waals surface area contributed by atoms with Gasteiger partial charge in [-0.3, -0.25) is 14.6 Å². The van der Waals surface area contributed by atoms with Crippen LogP contribution in [0.1, 0.15) is 26.0 Å². The van der Waals surface area contributed by atoms with Gasteiger partial charge in [0.25, 0.3) is 5.91 Å². The summed E-state index contributed by atoms with van der Waals surface area (Å²) in [5.41, 5.74) is 6.49. The lowest BCUT2D eigenvalue weighted by atomic mass is 9.92. The molecule has 0 spiro atoms. The number of carbonyl (C=O) groups is 2. The van der Waals surface area contributed by atoms with Gasteiger partial charge in [0.05, 0.1) is 0 Å². The number of dihydropyridines is 1. The number of amides is 2. The molecular formula is C18H22N4O2. The van der Waals surface area contributed by atoms with E-state index >= 15 is 0 Å². The molecule has 2 heterocycles. The van der Waals surface area contributed by atoms with Crippen molar-refractivity contribution in [3.8, 4) is 0 Å². The topological polar surface area (TPSA) is 97.1 Å². The van der Waals surface area contributed by atoms with Crippen molar-refractivity contribution in [1.29, 1.82) is 0 Å². The minimum Gasteiger partial charge on any atom is -0.371 e. The maximum absolute atomic E-state index is 12.5. The molecule has 1 aliphatic heterocycles. The highest BCUT2D eigenvalue weighted by atomic mass is 16.2. The van der Waals surface area contributed by atoms with Gasteiger partial charge in [-0.15, -0.1) is 0 Å². The first-order chi connectivity index (χ1) is 11.4. The summed E-state index contributed by atoms with van der Waals surface area (Å²) < 4.78 is 0. The van der Waals surface area contributed by atoms with Gasteiger partial charge in [0.15, 0.2) is 0 Å². The molecule has 1 aliphatic carbocycles. The molecule has 6 heteroatoms. The highest BCUT2D eigenvalue weighted by Gasteiger charge is 2.37. The number of allylic oxidation sites excluding steroid dienone is 1. The van der Waals surface area contributed by atoms with Crippen molar-refractivity contribution < 1.29 is 9.59 Å². The molecule has 126 valence electrons. The van der Waals surface area contributed by atoms with Crippen LogP contribution in [0.4, 0.5) is 0 Å². The van der Waals surface area contributed by atoms with Crippen molar-refractivity contribution in [3.63, 3.8) is 0 Å². The predicted octanol–water partition coefficient (Wildman–Crippen LogP) is 0.806. The average Bonchev–Trinajstić information content (AvgIpc) is 3.22. The van der Waals surface area contributed by atoms with Crippen LogP contribution in [-0.4, -0.2) is 28.4 Å². The number of hydrogen-bond acceptors (Lipinski definition) is 4. The van der Waals surface area contributed by atoms with Crippen LogP contribution in [0, 0.1) is 5.92 Å². The minimum atomic E-state index is -1.10. The van der Waals surface area contributed by atoms with E-state index in [9.17, 15) is 9.59 Å². The summed E-state index contributed by atoms with van der Waals surface area (Å²) in [7, 11) is 0. The monoisotopic (exact) mass is 326 g/mol. The van der Waals surface area contributed by atoms with Crippen LogP contribution in [0.5, 0.6) is 0 Å². The van der Waals surface area contributed by atoms with E-state index < -0.39 is 11.4 Å². The second-order valence-electron chi connectivity index (χ2n) is 6.75. The van der Waals surface area contributed by atoms with Gasteiger partial charge in [-0.2, -0.15) is 0 Å². The number of nitrogens with zero attached hydrogens (tertiary/aromatic N) is 1. The van der Waals surface area contributed by atoms with E-state index in [1.54, 1.807) is 25.3 Å². The molecule has 1 unspecified atom stereocenters. The summed E-state index contributed by atoms with van der Waals surface area (Å²) in [6.45, 7) is 3.77. The highest BCUT2D eigenvalue weighted by molar-refractivity contribution is 5.99. The van der Waals surface area contributed by atoms with Crippen LogP contribution >= 0.6 is 0 Å². The number of nitrogens with one attached hydrogen (secondary N) is 2. The van der Waals surface area contributed by atoms with E-state index in [0.29, 0.717) is 17.9 Å². The normalized spacial score (nSPS) is 28.2. The molecule has 0 radical (unpaired) electrons. The van der Waals surface area contributed by atoms with E-state index in [0.717, 1.165) is 17.8 Å². The Balaban J connectivity index is 1.84. The van der Waals surface area contributed by atoms with Gasteiger partial charge in [0.1, 0.15) is 5.54 Å². The number of hydrogen-bond donors (Lipinski definition) is 3. The zero-order valence-corrected chi connectivity index (χ0v) is 13.9. The molecule has 24 heavy (non-hydrogen) atoms. The van der Waals surface area contributed by atoms with Gasteiger partial charge in [-0.1, -0.05) is 13.0 Å². The molecule has 3 atom stereocenters. The fourth-order valence-electron chi connectivity index (χ4n) is 2.78. The number of aromatic nitrogens is 1. The second kappa shape index (κ2) is 6.11. The van der Waals surface area contributed by atoms with Crippen LogP contribution in [0.15, 0.2) is 47.8 Å². The summed E-state index contributed by atoms with van der Waals surface area (Å²) in [4.78, 5) is 28.6. The van der Waals surface area contributed by atoms with E-state index in [2.05, 4.69) is 22.5 Å². The Hall–Kier alpha value is -2.63. The molecule has 4 N–H and O–H groups in total. The Morgan fingerprint density at radius 3 is 2.79 bits per heavy atom. The van der Waals surface area contributed by atoms with Crippen molar-refractivity contribution in [2.75, 3.05) is 0 Å². The maximum atomic E-state index is 12.5. The van der Waals surface area contributed by atoms with Gasteiger partial charge in [0, 0.05) is 35.6 Å². The van der Waals surface area contributed by atoms with E-state index in [1.807, 2.05) is 18.2 Å². The van der Waals surface area contributed by atoms with Gasteiger partial charge < -0.3 is 16.4 Å². The molecule has 2 amide bonds. The van der Waals surface area contributed by atoms with Gasteiger partial charge in [0.2, 0.25) is 5.91 Å². The van der Waals surface area contributed by atoms with Gasteiger partial charge in [-0.05, 0) is 43.5 Å². The van der Waals surface area contributed by atoms with Crippen LogP contribution in [0.3, 0.4) is 0 Å². The Morgan fingerprint density at radius 1 is 1.46 bits per heavy atom. The van der Waals surface area contributed by atoms with Gasteiger partial charge >= 0.3 is 0 Å². The Labute approximate surface area is 141 Å². The third kappa shape index (κ3) is 3.48. The predicted molar refractivity (Wildman–Crippen MR) is 90.6 cm³/mol. The zero-order chi connectivity index (χ0) is 17.3. The highest BCUT2D eigenvalue weighted by Crippen LogP contribution is 2.30. The maximum Gasteiger partial charge on any atom is 0.251 e. The Bertz CT molecular complexity index is 726. The van der Waals surface area contributed by atoms with E-state index in [1.165, 1.54) is 0 Å². The van der Waals surface area contributed by atoms with Crippen LogP contribution in [-0.2, 0) is 16.0 Å². The smallest absolute Gasteiger partial charge is 0.251 e. The fourth-order valence-corrected chi connectivity index (χ4v) is 2.78. The third-order valence-electron chi connectivity index (χ3n) is 4.49. The fraction of sp³-hybridized carbons (Fsp3) is 0.389. The third-order valence-corrected chi connectivity index (χ3v) is 4.49. The zero-order valence-electron chi connectivity index (χ0n) is 13.9. The summed E-state index contributed by atoms with van der Waals surface area (Å²) >= 11 is 0. The summed E-state index contributed by atoms with van der Waals surface area (Å²) in [6, 6.07) is 5.86. The lowest BCUT2D eigenvalue weighted by molar-refractivity contribution is -0.121. The molecule has 1 fully saturated rings. The van der Waals surface area contributed by atoms with Gasteiger partial charge in [-0.25, -0.2) is 0 Å².